The molecular weight excluding hydrogens is 462 g/mol. The molecule has 1 aliphatic heterocycles. The van der Waals surface area contributed by atoms with E-state index in [4.69, 9.17) is 11.6 Å². The van der Waals surface area contributed by atoms with Crippen molar-refractivity contribution in [2.75, 3.05) is 27.2 Å². The number of quaternary nitrogens is 1. The highest BCUT2D eigenvalue weighted by Gasteiger charge is 2.42. The lowest BCUT2D eigenvalue weighted by atomic mass is 9.85. The number of nitrogens with one attached hydrogen (secondary N) is 1. The molecule has 4 nitrogen and oxygen atoms in total. The summed E-state index contributed by atoms with van der Waals surface area (Å²) in [6.45, 7) is 4.56. The van der Waals surface area contributed by atoms with Crippen LogP contribution in [0.2, 0.25) is 5.02 Å². The highest BCUT2D eigenvalue weighted by molar-refractivity contribution is 7.99. The van der Waals surface area contributed by atoms with Crippen LogP contribution in [0, 0.1) is 6.92 Å². The molecule has 0 aliphatic carbocycles. The van der Waals surface area contributed by atoms with Crippen LogP contribution in [0.1, 0.15) is 35.4 Å². The van der Waals surface area contributed by atoms with Gasteiger partial charge in [-0.15, -0.1) is 0 Å². The number of aryl methyl sites for hydroxylation is 1. The molecule has 0 spiro atoms. The van der Waals surface area contributed by atoms with Crippen LogP contribution in [0.5, 0.6) is 0 Å². The highest BCUT2D eigenvalue weighted by atomic mass is 35.5. The Morgan fingerprint density at radius 3 is 2.15 bits per heavy atom. The Labute approximate surface area is 212 Å². The van der Waals surface area contributed by atoms with Crippen LogP contribution in [0.4, 0.5) is 4.79 Å². The van der Waals surface area contributed by atoms with Crippen molar-refractivity contribution in [3.05, 3.63) is 94.5 Å². The summed E-state index contributed by atoms with van der Waals surface area (Å²) in [5, 5.41) is 2.50. The summed E-state index contributed by atoms with van der Waals surface area (Å²) in [7, 11) is 3.74. The zero-order valence-corrected chi connectivity index (χ0v) is 21.7. The number of nitrogens with zero attached hydrogens (tertiary/aromatic N) is 2. The topological polar surface area (TPSA) is 32.3 Å². The Balaban J connectivity index is 1.49. The molecule has 3 aromatic rings. The minimum atomic E-state index is 0.0767. The van der Waals surface area contributed by atoms with Crippen LogP contribution < -0.4 is 5.43 Å². The van der Waals surface area contributed by atoms with Gasteiger partial charge in [0.25, 0.3) is 0 Å². The third kappa shape index (κ3) is 6.02. The lowest BCUT2D eigenvalue weighted by Crippen LogP contribution is -2.61. The number of carbonyl (C=O) groups excluding carboxylic acids is 1. The van der Waals surface area contributed by atoms with Crippen molar-refractivity contribution in [3.8, 4) is 0 Å². The van der Waals surface area contributed by atoms with E-state index >= 15 is 0 Å². The van der Waals surface area contributed by atoms with Gasteiger partial charge < -0.3 is 0 Å². The largest absolute Gasteiger partial charge is 0.431 e. The fraction of sp³-hybridized carbons (Fsp3) is 0.321. The van der Waals surface area contributed by atoms with Crippen molar-refractivity contribution in [2.24, 2.45) is 0 Å². The SMILES string of the molecule is Cc1ccccc1C1CC[N+](Cc2ccc(Sc3ccc(Cl)cc3)cc2)(C(=O)NN(C)C)CC1. The summed E-state index contributed by atoms with van der Waals surface area (Å²) in [4.78, 5) is 15.7. The molecule has 178 valence electrons. The maximum atomic E-state index is 13.4. The molecule has 0 unspecified atom stereocenters. The van der Waals surface area contributed by atoms with Crippen LogP contribution in [0.15, 0.2) is 82.6 Å². The highest BCUT2D eigenvalue weighted by Crippen LogP contribution is 2.35. The number of piperidine rings is 1. The van der Waals surface area contributed by atoms with Crippen LogP contribution >= 0.6 is 23.4 Å². The predicted molar refractivity (Wildman–Crippen MR) is 141 cm³/mol. The van der Waals surface area contributed by atoms with Gasteiger partial charge >= 0.3 is 6.03 Å². The molecule has 34 heavy (non-hydrogen) atoms. The second kappa shape index (κ2) is 11.0. The van der Waals surface area contributed by atoms with E-state index in [-0.39, 0.29) is 6.03 Å². The predicted octanol–water partition coefficient (Wildman–Crippen LogP) is 6.88. The van der Waals surface area contributed by atoms with E-state index in [2.05, 4.69) is 60.9 Å². The van der Waals surface area contributed by atoms with Gasteiger partial charge in [0.2, 0.25) is 0 Å². The number of carbonyl (C=O) groups is 1. The van der Waals surface area contributed by atoms with Gasteiger partial charge in [-0.2, -0.15) is 0 Å². The van der Waals surface area contributed by atoms with Crippen LogP contribution in [0.3, 0.4) is 0 Å². The first-order chi connectivity index (χ1) is 16.3. The fourth-order valence-corrected chi connectivity index (χ4v) is 5.74. The number of amides is 2. The summed E-state index contributed by atoms with van der Waals surface area (Å²) >= 11 is 7.72. The molecule has 0 atom stereocenters. The summed E-state index contributed by atoms with van der Waals surface area (Å²) in [5.74, 6) is 0.512. The molecule has 0 saturated carbocycles. The number of hydrogen-bond acceptors (Lipinski definition) is 3. The van der Waals surface area contributed by atoms with E-state index in [0.29, 0.717) is 16.9 Å². The van der Waals surface area contributed by atoms with Gasteiger partial charge in [0, 0.05) is 47.3 Å². The number of hydrazine groups is 1. The van der Waals surface area contributed by atoms with Crippen molar-refractivity contribution in [1.29, 1.82) is 0 Å². The molecule has 1 heterocycles. The average molecular weight is 495 g/mol. The molecule has 6 heteroatoms. The molecule has 0 radical (unpaired) electrons. The van der Waals surface area contributed by atoms with E-state index < -0.39 is 0 Å². The number of rotatable bonds is 6. The van der Waals surface area contributed by atoms with Gasteiger partial charge in [-0.05, 0) is 60.4 Å². The summed E-state index contributed by atoms with van der Waals surface area (Å²) in [5.41, 5.74) is 7.00. The van der Waals surface area contributed by atoms with E-state index in [9.17, 15) is 4.79 Å². The average Bonchev–Trinajstić information content (AvgIpc) is 2.82. The van der Waals surface area contributed by atoms with Gasteiger partial charge in [0.05, 0.1) is 13.1 Å². The van der Waals surface area contributed by atoms with Crippen LogP contribution in [0.25, 0.3) is 0 Å². The Kier molecular flexibility index (Phi) is 7.99. The molecular formula is C28H33ClN3OS+. The fourth-order valence-electron chi connectivity index (χ4n) is 4.80. The maximum absolute atomic E-state index is 13.4. The first-order valence-corrected chi connectivity index (χ1v) is 13.0. The van der Waals surface area contributed by atoms with Gasteiger partial charge in [-0.1, -0.05) is 59.8 Å². The van der Waals surface area contributed by atoms with Crippen molar-refractivity contribution < 1.29 is 9.28 Å². The Morgan fingerprint density at radius 1 is 0.971 bits per heavy atom. The number of hydrogen-bond donors (Lipinski definition) is 1. The lowest BCUT2D eigenvalue weighted by Gasteiger charge is -2.41. The quantitative estimate of drug-likeness (QED) is 0.299. The van der Waals surface area contributed by atoms with Gasteiger partial charge in [-0.3, -0.25) is 0 Å². The smallest absolute Gasteiger partial charge is 0.238 e. The molecule has 3 aromatic carbocycles. The first kappa shape index (κ1) is 24.8. The number of benzene rings is 3. The maximum Gasteiger partial charge on any atom is 0.431 e. The number of urea groups is 1. The van der Waals surface area contributed by atoms with Crippen molar-refractivity contribution >= 4 is 29.4 Å². The monoisotopic (exact) mass is 494 g/mol. The van der Waals surface area contributed by atoms with Crippen LogP contribution in [-0.4, -0.2) is 42.7 Å². The molecule has 1 saturated heterocycles. The van der Waals surface area contributed by atoms with Gasteiger partial charge in [0.1, 0.15) is 6.54 Å². The number of likely N-dealkylation sites (tertiary alicyclic amines) is 1. The molecule has 1 N–H and O–H groups in total. The second-order valence-electron chi connectivity index (χ2n) is 9.39. The second-order valence-corrected chi connectivity index (χ2v) is 11.0. The first-order valence-electron chi connectivity index (χ1n) is 11.8. The van der Waals surface area contributed by atoms with Gasteiger partial charge in [-0.25, -0.2) is 19.7 Å². The molecule has 0 aromatic heterocycles. The molecule has 2 amide bonds. The summed E-state index contributed by atoms with van der Waals surface area (Å²) < 4.78 is 0.435. The summed E-state index contributed by atoms with van der Waals surface area (Å²) in [6, 6.07) is 25.2. The standard InChI is InChI=1S/C28H32ClN3OS/c1-21-6-4-5-7-27(21)23-16-18-32(19-17-23,28(33)30-31(2)3)20-22-8-12-25(13-9-22)34-26-14-10-24(29)11-15-26/h4-15,23H,16-20H2,1-3H3/p+1. The Bertz CT molecular complexity index is 1110. The zero-order chi connectivity index (χ0) is 24.1. The third-order valence-electron chi connectivity index (χ3n) is 6.65. The Hall–Kier alpha value is -2.31. The summed E-state index contributed by atoms with van der Waals surface area (Å²) in [6.07, 6.45) is 2.02. The van der Waals surface area contributed by atoms with Gasteiger partial charge in [0.15, 0.2) is 0 Å². The van der Waals surface area contributed by atoms with E-state index in [0.717, 1.165) is 35.8 Å². The van der Waals surface area contributed by atoms with Crippen molar-refractivity contribution in [2.45, 2.75) is 42.0 Å². The minimum Gasteiger partial charge on any atom is -0.238 e. The number of halogens is 1. The van der Waals surface area contributed by atoms with E-state index in [1.54, 1.807) is 16.8 Å². The normalized spacial score (nSPS) is 20.3. The molecule has 1 fully saturated rings. The van der Waals surface area contributed by atoms with E-state index in [1.807, 2.05) is 38.4 Å². The van der Waals surface area contributed by atoms with E-state index in [1.165, 1.54) is 21.6 Å². The molecule has 0 bridgehead atoms. The minimum absolute atomic E-state index is 0.0767. The third-order valence-corrected chi connectivity index (χ3v) is 7.92. The van der Waals surface area contributed by atoms with Crippen molar-refractivity contribution in [3.63, 3.8) is 0 Å². The molecule has 4 rings (SSSR count). The zero-order valence-electron chi connectivity index (χ0n) is 20.1. The van der Waals surface area contributed by atoms with Crippen molar-refractivity contribution in [1.82, 2.24) is 10.4 Å². The lowest BCUT2D eigenvalue weighted by molar-refractivity contribution is -0.870. The molecule has 1 aliphatic rings. The van der Waals surface area contributed by atoms with Crippen LogP contribution in [-0.2, 0) is 6.54 Å². The Morgan fingerprint density at radius 2 is 1.56 bits per heavy atom.